The molecular weight excluding hydrogens is 234 g/mol. The molecule has 0 saturated heterocycles. The second-order valence-corrected chi connectivity index (χ2v) is 3.93. The van der Waals surface area contributed by atoms with Crippen LogP contribution in [0.1, 0.15) is 30.0 Å². The summed E-state index contributed by atoms with van der Waals surface area (Å²) < 4.78 is 0.727. The van der Waals surface area contributed by atoms with Crippen LogP contribution in [0.25, 0.3) is 0 Å². The van der Waals surface area contributed by atoms with Crippen LogP contribution in [0.3, 0.4) is 0 Å². The van der Waals surface area contributed by atoms with E-state index in [1.165, 1.54) is 0 Å². The van der Waals surface area contributed by atoms with Crippen LogP contribution in [0.15, 0.2) is 4.47 Å². The van der Waals surface area contributed by atoms with Gasteiger partial charge in [-0.25, -0.2) is 0 Å². The SMILES string of the molecule is Cc1[nH]nc(C(=O)NC(C)C)c1Br. The van der Waals surface area contributed by atoms with Gasteiger partial charge in [-0.3, -0.25) is 9.89 Å². The Morgan fingerprint density at radius 2 is 2.23 bits per heavy atom. The van der Waals surface area contributed by atoms with Crippen LogP contribution >= 0.6 is 15.9 Å². The zero-order valence-electron chi connectivity index (χ0n) is 7.81. The lowest BCUT2D eigenvalue weighted by atomic mass is 10.3. The molecule has 0 spiro atoms. The number of H-pyrrole nitrogens is 1. The van der Waals surface area contributed by atoms with E-state index in [2.05, 4.69) is 31.4 Å². The largest absolute Gasteiger partial charge is 0.348 e. The molecular formula is C8H12BrN3O. The van der Waals surface area contributed by atoms with Crippen molar-refractivity contribution in [1.29, 1.82) is 0 Å². The van der Waals surface area contributed by atoms with Gasteiger partial charge in [0.2, 0.25) is 0 Å². The molecule has 0 bridgehead atoms. The number of aryl methyl sites for hydroxylation is 1. The van der Waals surface area contributed by atoms with Crippen LogP contribution in [0.5, 0.6) is 0 Å². The van der Waals surface area contributed by atoms with Crippen molar-refractivity contribution in [3.8, 4) is 0 Å². The molecule has 1 aromatic heterocycles. The van der Waals surface area contributed by atoms with Crippen LogP contribution in [0.4, 0.5) is 0 Å². The van der Waals surface area contributed by atoms with Crippen LogP contribution in [-0.2, 0) is 0 Å². The molecule has 2 N–H and O–H groups in total. The second kappa shape index (κ2) is 3.91. The molecule has 0 aliphatic heterocycles. The van der Waals surface area contributed by atoms with Crippen LogP contribution in [-0.4, -0.2) is 22.1 Å². The van der Waals surface area contributed by atoms with Gasteiger partial charge in [0.1, 0.15) is 0 Å². The molecule has 0 saturated carbocycles. The Morgan fingerprint density at radius 1 is 1.62 bits per heavy atom. The van der Waals surface area contributed by atoms with Gasteiger partial charge in [0.25, 0.3) is 5.91 Å². The number of halogens is 1. The van der Waals surface area contributed by atoms with E-state index in [0.29, 0.717) is 5.69 Å². The van der Waals surface area contributed by atoms with Gasteiger partial charge in [-0.1, -0.05) is 0 Å². The molecule has 1 amide bonds. The van der Waals surface area contributed by atoms with Gasteiger partial charge >= 0.3 is 0 Å². The van der Waals surface area contributed by atoms with E-state index in [9.17, 15) is 4.79 Å². The van der Waals surface area contributed by atoms with E-state index in [0.717, 1.165) is 10.2 Å². The molecule has 0 radical (unpaired) electrons. The molecule has 4 nitrogen and oxygen atoms in total. The first-order valence-corrected chi connectivity index (χ1v) is 4.83. The minimum Gasteiger partial charge on any atom is -0.348 e. The lowest BCUT2D eigenvalue weighted by molar-refractivity contribution is 0.0937. The first-order chi connectivity index (χ1) is 6.02. The summed E-state index contributed by atoms with van der Waals surface area (Å²) in [6, 6.07) is 0.122. The van der Waals surface area contributed by atoms with Crippen molar-refractivity contribution in [2.75, 3.05) is 0 Å². The van der Waals surface area contributed by atoms with E-state index >= 15 is 0 Å². The summed E-state index contributed by atoms with van der Waals surface area (Å²) >= 11 is 3.29. The number of hydrogen-bond acceptors (Lipinski definition) is 2. The minimum absolute atomic E-state index is 0.122. The van der Waals surface area contributed by atoms with Gasteiger partial charge in [0.05, 0.1) is 4.47 Å². The van der Waals surface area contributed by atoms with E-state index < -0.39 is 0 Å². The Labute approximate surface area is 85.2 Å². The van der Waals surface area contributed by atoms with Gasteiger partial charge in [0.15, 0.2) is 5.69 Å². The molecule has 0 fully saturated rings. The summed E-state index contributed by atoms with van der Waals surface area (Å²) in [5.41, 5.74) is 1.26. The van der Waals surface area contributed by atoms with Crippen molar-refractivity contribution >= 4 is 21.8 Å². The van der Waals surface area contributed by atoms with Crippen molar-refractivity contribution in [2.24, 2.45) is 0 Å². The summed E-state index contributed by atoms with van der Waals surface area (Å²) in [5, 5.41) is 9.38. The smallest absolute Gasteiger partial charge is 0.273 e. The van der Waals surface area contributed by atoms with Crippen LogP contribution in [0.2, 0.25) is 0 Å². The molecule has 0 unspecified atom stereocenters. The Bertz CT molecular complexity index is 319. The predicted molar refractivity (Wildman–Crippen MR) is 53.6 cm³/mol. The fourth-order valence-corrected chi connectivity index (χ4v) is 1.25. The first kappa shape index (κ1) is 10.2. The van der Waals surface area contributed by atoms with E-state index in [1.54, 1.807) is 0 Å². The molecule has 0 atom stereocenters. The number of aromatic nitrogens is 2. The minimum atomic E-state index is -0.161. The number of nitrogens with one attached hydrogen (secondary N) is 2. The lowest BCUT2D eigenvalue weighted by Gasteiger charge is -2.05. The average molecular weight is 246 g/mol. The van der Waals surface area contributed by atoms with Crippen molar-refractivity contribution in [3.63, 3.8) is 0 Å². The topological polar surface area (TPSA) is 57.8 Å². The van der Waals surface area contributed by atoms with Gasteiger partial charge in [-0.2, -0.15) is 5.10 Å². The number of carbonyl (C=O) groups is 1. The fourth-order valence-electron chi connectivity index (χ4n) is 0.897. The zero-order valence-corrected chi connectivity index (χ0v) is 9.40. The number of hydrogen-bond donors (Lipinski definition) is 2. The van der Waals surface area contributed by atoms with E-state index in [-0.39, 0.29) is 11.9 Å². The lowest BCUT2D eigenvalue weighted by Crippen LogP contribution is -2.30. The Hall–Kier alpha value is -0.840. The van der Waals surface area contributed by atoms with Gasteiger partial charge in [0, 0.05) is 11.7 Å². The highest BCUT2D eigenvalue weighted by molar-refractivity contribution is 9.10. The highest BCUT2D eigenvalue weighted by Gasteiger charge is 2.15. The first-order valence-electron chi connectivity index (χ1n) is 4.03. The summed E-state index contributed by atoms with van der Waals surface area (Å²) in [6.45, 7) is 5.67. The molecule has 0 aliphatic carbocycles. The summed E-state index contributed by atoms with van der Waals surface area (Å²) in [6.07, 6.45) is 0. The molecule has 1 aromatic rings. The highest BCUT2D eigenvalue weighted by atomic mass is 79.9. The Kier molecular flexibility index (Phi) is 3.08. The number of nitrogens with zero attached hydrogens (tertiary/aromatic N) is 1. The van der Waals surface area contributed by atoms with E-state index in [4.69, 9.17) is 0 Å². The van der Waals surface area contributed by atoms with E-state index in [1.807, 2.05) is 20.8 Å². The zero-order chi connectivity index (χ0) is 10.0. The third kappa shape index (κ3) is 2.30. The quantitative estimate of drug-likeness (QED) is 0.832. The van der Waals surface area contributed by atoms with Crippen molar-refractivity contribution in [3.05, 3.63) is 15.9 Å². The number of carbonyl (C=O) groups excluding carboxylic acids is 1. The molecule has 5 heteroatoms. The number of aromatic amines is 1. The molecule has 1 heterocycles. The molecule has 0 aromatic carbocycles. The van der Waals surface area contributed by atoms with Gasteiger partial charge in [-0.15, -0.1) is 0 Å². The van der Waals surface area contributed by atoms with Crippen molar-refractivity contribution in [2.45, 2.75) is 26.8 Å². The number of amides is 1. The maximum absolute atomic E-state index is 11.5. The third-order valence-corrected chi connectivity index (χ3v) is 2.48. The Morgan fingerprint density at radius 3 is 2.62 bits per heavy atom. The average Bonchev–Trinajstić information content (AvgIpc) is 2.31. The standard InChI is InChI=1S/C8H12BrN3O/c1-4(2)10-8(13)7-6(9)5(3)11-12-7/h4H,1-3H3,(H,10,13)(H,11,12). The predicted octanol–water partition coefficient (Wildman–Crippen LogP) is 1.62. The third-order valence-electron chi connectivity index (χ3n) is 1.51. The fraction of sp³-hybridized carbons (Fsp3) is 0.500. The van der Waals surface area contributed by atoms with Crippen molar-refractivity contribution in [1.82, 2.24) is 15.5 Å². The van der Waals surface area contributed by atoms with Gasteiger partial charge < -0.3 is 5.32 Å². The maximum atomic E-state index is 11.5. The normalized spacial score (nSPS) is 10.5. The summed E-state index contributed by atoms with van der Waals surface area (Å²) in [7, 11) is 0. The van der Waals surface area contributed by atoms with Crippen molar-refractivity contribution < 1.29 is 4.79 Å². The highest BCUT2D eigenvalue weighted by Crippen LogP contribution is 2.17. The summed E-state index contributed by atoms with van der Waals surface area (Å²) in [4.78, 5) is 11.5. The summed E-state index contributed by atoms with van der Waals surface area (Å²) in [5.74, 6) is -0.161. The van der Waals surface area contributed by atoms with Gasteiger partial charge in [-0.05, 0) is 36.7 Å². The molecule has 1 rings (SSSR count). The maximum Gasteiger partial charge on any atom is 0.273 e. The Balaban J connectivity index is 2.83. The molecule has 13 heavy (non-hydrogen) atoms. The molecule has 0 aliphatic rings. The number of rotatable bonds is 2. The molecule has 72 valence electrons. The van der Waals surface area contributed by atoms with Crippen LogP contribution < -0.4 is 5.32 Å². The van der Waals surface area contributed by atoms with Crippen LogP contribution in [0, 0.1) is 6.92 Å². The monoisotopic (exact) mass is 245 g/mol. The second-order valence-electron chi connectivity index (χ2n) is 3.14.